The summed E-state index contributed by atoms with van der Waals surface area (Å²) in [4.78, 5) is 14.0. The molecule has 8 nitrogen and oxygen atoms in total. The average Bonchev–Trinajstić information content (AvgIpc) is 3.66. The molecular weight excluding hydrogens is 686 g/mol. The number of halogens is 1. The summed E-state index contributed by atoms with van der Waals surface area (Å²) in [6.07, 6.45) is 4.73. The van der Waals surface area contributed by atoms with Gasteiger partial charge in [-0.1, -0.05) is 41.9 Å². The SMILES string of the molecule is Cc1c2c(nn1C13CC(C1)C3)CSCc1cc(n(C)n1)CSc1cc(c3ccccc3c1)OCCCc1c(C(=O)O)n(C)c3c-2c(Cl)ccc13. The monoisotopic (exact) mass is 723 g/mol. The lowest BCUT2D eigenvalue weighted by molar-refractivity contribution is -0.0992. The van der Waals surface area contributed by atoms with Crippen LogP contribution in [-0.4, -0.2) is 41.8 Å². The topological polar surface area (TPSA) is 87.1 Å². The normalized spacial score (nSPS) is 20.5. The number of nitrogens with zero attached hydrogens (tertiary/aromatic N) is 5. The van der Waals surface area contributed by atoms with Gasteiger partial charge in [0, 0.05) is 69.5 Å². The largest absolute Gasteiger partial charge is 0.493 e. The molecule has 0 spiro atoms. The fourth-order valence-corrected chi connectivity index (χ4v) is 10.7. The highest BCUT2D eigenvalue weighted by molar-refractivity contribution is 7.98. The Morgan fingerprint density at radius 3 is 2.60 bits per heavy atom. The number of carboxylic acids is 1. The van der Waals surface area contributed by atoms with Gasteiger partial charge in [-0.25, -0.2) is 4.79 Å². The van der Waals surface area contributed by atoms with Crippen LogP contribution in [0.5, 0.6) is 5.75 Å². The van der Waals surface area contributed by atoms with Crippen molar-refractivity contribution in [1.29, 1.82) is 0 Å². The van der Waals surface area contributed by atoms with E-state index in [0.717, 1.165) is 83.5 Å². The molecule has 50 heavy (non-hydrogen) atoms. The first-order valence-corrected chi connectivity index (χ1v) is 19.7. The molecule has 0 saturated heterocycles. The standard InChI is InChI=1S/C39H38ClN5O3S2/c1-22-34-32(42-45(22)39-16-23(17-39)18-39)21-49-19-25-14-26(44(3)41-25)20-50-27-13-24-7-4-5-8-28(24)33(15-27)48-12-6-9-29-30-10-11-31(40)35(34)36(30)43(2)37(29)38(46)47/h4-5,7-8,10-11,13-15,23H,6,9,12,16-21H2,1-3H3,(H,46,47). The Hall–Kier alpha value is -3.86. The van der Waals surface area contributed by atoms with Crippen molar-refractivity contribution in [3.8, 4) is 16.9 Å². The van der Waals surface area contributed by atoms with Crippen LogP contribution in [0.3, 0.4) is 0 Å². The molecule has 1 aliphatic heterocycles. The number of aromatic carboxylic acids is 1. The van der Waals surface area contributed by atoms with Gasteiger partial charge in [-0.3, -0.25) is 9.36 Å². The maximum atomic E-state index is 12.9. The lowest BCUT2D eigenvalue weighted by Gasteiger charge is -2.61. The van der Waals surface area contributed by atoms with Crippen LogP contribution >= 0.6 is 35.1 Å². The van der Waals surface area contributed by atoms with Crippen molar-refractivity contribution in [1.82, 2.24) is 24.1 Å². The van der Waals surface area contributed by atoms with E-state index < -0.39 is 5.97 Å². The summed E-state index contributed by atoms with van der Waals surface area (Å²) in [6, 6.07) is 18.8. The molecule has 1 N–H and O–H groups in total. The molecule has 3 saturated carbocycles. The van der Waals surface area contributed by atoms with E-state index in [4.69, 9.17) is 26.5 Å². The zero-order chi connectivity index (χ0) is 34.3. The van der Waals surface area contributed by atoms with E-state index >= 15 is 0 Å². The minimum atomic E-state index is -0.946. The van der Waals surface area contributed by atoms with Crippen molar-refractivity contribution in [3.63, 3.8) is 0 Å². The third-order valence-corrected chi connectivity index (χ3v) is 13.3. The summed E-state index contributed by atoms with van der Waals surface area (Å²) in [6.45, 7) is 2.61. The van der Waals surface area contributed by atoms with Crippen molar-refractivity contribution in [3.05, 3.63) is 93.7 Å². The lowest BCUT2D eigenvalue weighted by atomic mass is 9.50. The molecule has 0 radical (unpaired) electrons. The minimum absolute atomic E-state index is 0.0978. The number of carbonyl (C=O) groups is 1. The molecule has 3 aromatic carbocycles. The number of thioether (sulfide) groups is 2. The number of hydrogen-bond acceptors (Lipinski definition) is 6. The molecular formula is C39H38ClN5O3S2. The van der Waals surface area contributed by atoms with Crippen molar-refractivity contribution < 1.29 is 14.6 Å². The van der Waals surface area contributed by atoms with Gasteiger partial charge in [-0.05, 0) is 80.2 Å². The van der Waals surface area contributed by atoms with Crippen molar-refractivity contribution in [2.75, 3.05) is 6.61 Å². The van der Waals surface area contributed by atoms with Crippen LogP contribution in [0, 0.1) is 12.8 Å². The Morgan fingerprint density at radius 1 is 1.00 bits per heavy atom. The molecule has 4 aliphatic rings. The van der Waals surface area contributed by atoms with E-state index in [0.29, 0.717) is 35.9 Å². The third kappa shape index (κ3) is 5.08. The molecule has 3 fully saturated rings. The third-order valence-electron chi connectivity index (χ3n) is 11.0. The average molecular weight is 724 g/mol. The second-order valence-corrected chi connectivity index (χ2v) is 16.6. The van der Waals surface area contributed by atoms with Gasteiger partial charge in [-0.15, -0.1) is 23.5 Å². The molecule has 3 aliphatic carbocycles. The maximum absolute atomic E-state index is 12.9. The fraction of sp³-hybridized carbons (Fsp3) is 0.359. The van der Waals surface area contributed by atoms with Crippen LogP contribution in [0.4, 0.5) is 0 Å². The second kappa shape index (κ2) is 12.1. The highest BCUT2D eigenvalue weighted by Gasteiger charge is 2.59. The molecule has 11 heteroatoms. The first-order chi connectivity index (χ1) is 24.2. The van der Waals surface area contributed by atoms with E-state index in [1.807, 2.05) is 41.5 Å². The molecule has 0 amide bonds. The van der Waals surface area contributed by atoms with Gasteiger partial charge in [0.15, 0.2) is 0 Å². The van der Waals surface area contributed by atoms with Gasteiger partial charge in [0.1, 0.15) is 11.4 Å². The van der Waals surface area contributed by atoms with Crippen molar-refractivity contribution >= 4 is 62.8 Å². The van der Waals surface area contributed by atoms with Crippen LogP contribution in [0.2, 0.25) is 5.02 Å². The van der Waals surface area contributed by atoms with Crippen LogP contribution in [0.25, 0.3) is 32.8 Å². The van der Waals surface area contributed by atoms with E-state index in [2.05, 4.69) is 48.0 Å². The van der Waals surface area contributed by atoms with Gasteiger partial charge in [0.2, 0.25) is 0 Å². The number of aromatic nitrogens is 5. The van der Waals surface area contributed by atoms with Crippen LogP contribution < -0.4 is 4.74 Å². The van der Waals surface area contributed by atoms with Gasteiger partial charge < -0.3 is 14.4 Å². The van der Waals surface area contributed by atoms with Gasteiger partial charge in [0.25, 0.3) is 0 Å². The summed E-state index contributed by atoms with van der Waals surface area (Å²) in [7, 11) is 3.87. The van der Waals surface area contributed by atoms with Gasteiger partial charge >= 0.3 is 5.97 Å². The zero-order valence-corrected chi connectivity index (χ0v) is 30.7. The summed E-state index contributed by atoms with van der Waals surface area (Å²) in [5.74, 6) is 2.94. The number of carboxylic acid groups (broad SMARTS) is 1. The fourth-order valence-electron chi connectivity index (χ4n) is 8.57. The molecule has 0 atom stereocenters. The Morgan fingerprint density at radius 2 is 1.82 bits per heavy atom. The van der Waals surface area contributed by atoms with E-state index in [-0.39, 0.29) is 5.54 Å². The summed E-state index contributed by atoms with van der Waals surface area (Å²) in [5, 5.41) is 24.5. The van der Waals surface area contributed by atoms with Gasteiger partial charge in [0.05, 0.1) is 34.1 Å². The number of fused-ring (bicyclic) bond motifs is 8. The predicted octanol–water partition coefficient (Wildman–Crippen LogP) is 9.15. The summed E-state index contributed by atoms with van der Waals surface area (Å²) < 4.78 is 12.6. The lowest BCUT2D eigenvalue weighted by Crippen LogP contribution is -2.60. The first-order valence-electron chi connectivity index (χ1n) is 17.2. The molecule has 256 valence electrons. The molecule has 0 unspecified atom stereocenters. The smallest absolute Gasteiger partial charge is 0.352 e. The van der Waals surface area contributed by atoms with Crippen LogP contribution in [0.15, 0.2) is 59.5 Å². The second-order valence-electron chi connectivity index (χ2n) is 14.2. The van der Waals surface area contributed by atoms with E-state index in [9.17, 15) is 9.90 Å². The Balaban J connectivity index is 1.18. The van der Waals surface area contributed by atoms with Crippen LogP contribution in [0.1, 0.15) is 64.5 Å². The molecule has 4 heterocycles. The molecule has 10 bridgehead atoms. The molecule has 10 rings (SSSR count). The molecule has 3 aromatic heterocycles. The predicted molar refractivity (Wildman–Crippen MR) is 202 cm³/mol. The number of hydrogen-bond donors (Lipinski definition) is 1. The Bertz CT molecular complexity index is 2340. The van der Waals surface area contributed by atoms with E-state index in [1.165, 1.54) is 25.0 Å². The minimum Gasteiger partial charge on any atom is -0.493 e. The molecule has 6 aromatic rings. The number of ether oxygens (including phenoxy) is 1. The van der Waals surface area contributed by atoms with Gasteiger partial charge in [-0.2, -0.15) is 10.2 Å². The van der Waals surface area contributed by atoms with Crippen molar-refractivity contribution in [2.45, 2.75) is 66.7 Å². The number of aryl methyl sites for hydroxylation is 3. The van der Waals surface area contributed by atoms with Crippen molar-refractivity contribution in [2.24, 2.45) is 20.0 Å². The first kappa shape index (κ1) is 32.1. The van der Waals surface area contributed by atoms with E-state index in [1.54, 1.807) is 23.5 Å². The Kier molecular flexibility index (Phi) is 7.78. The number of rotatable bonds is 2. The number of benzene rings is 3. The Labute approximate surface area is 304 Å². The zero-order valence-electron chi connectivity index (χ0n) is 28.3. The quantitative estimate of drug-likeness (QED) is 0.191. The highest BCUT2D eigenvalue weighted by atomic mass is 35.5. The summed E-state index contributed by atoms with van der Waals surface area (Å²) >= 11 is 10.7. The summed E-state index contributed by atoms with van der Waals surface area (Å²) in [5.41, 5.74) is 8.24. The van der Waals surface area contributed by atoms with Crippen LogP contribution in [-0.2, 0) is 43.3 Å². The maximum Gasteiger partial charge on any atom is 0.352 e. The highest BCUT2D eigenvalue weighted by Crippen LogP contribution is 2.63.